The number of aryl methyl sites for hydroxylation is 2. The monoisotopic (exact) mass is 259 g/mol. The summed E-state index contributed by atoms with van der Waals surface area (Å²) in [6.45, 7) is 4.99. The maximum Gasteiger partial charge on any atom is 0.222 e. The minimum absolute atomic E-state index is 0.650. The molecule has 0 saturated heterocycles. The highest BCUT2D eigenvalue weighted by Gasteiger charge is 2.01. The Morgan fingerprint density at radius 3 is 2.39 bits per heavy atom. The van der Waals surface area contributed by atoms with Gasteiger partial charge in [-0.05, 0) is 30.5 Å². The molecule has 94 valence electrons. The molecule has 2 aromatic rings. The van der Waals surface area contributed by atoms with Gasteiger partial charge in [-0.2, -0.15) is 12.6 Å². The zero-order chi connectivity index (χ0) is 13.0. The van der Waals surface area contributed by atoms with E-state index in [0.717, 1.165) is 23.4 Å². The lowest BCUT2D eigenvalue weighted by atomic mass is 10.0. The van der Waals surface area contributed by atoms with Gasteiger partial charge in [0.25, 0.3) is 0 Å². The Kier molecular flexibility index (Phi) is 4.20. The summed E-state index contributed by atoms with van der Waals surface area (Å²) in [6, 6.07) is 6.38. The SMILES string of the molecule is Cc1ccc(-c2cnc(NCCS)nc2)cc1C. The van der Waals surface area contributed by atoms with Crippen molar-refractivity contribution < 1.29 is 0 Å². The van der Waals surface area contributed by atoms with Crippen molar-refractivity contribution in [2.24, 2.45) is 0 Å². The van der Waals surface area contributed by atoms with Crippen molar-refractivity contribution in [3.8, 4) is 11.1 Å². The first-order chi connectivity index (χ1) is 8.70. The van der Waals surface area contributed by atoms with E-state index in [1.54, 1.807) is 0 Å². The van der Waals surface area contributed by atoms with Crippen LogP contribution in [0.1, 0.15) is 11.1 Å². The molecule has 4 heteroatoms. The number of nitrogens with one attached hydrogen (secondary N) is 1. The molecular formula is C14H17N3S. The topological polar surface area (TPSA) is 37.8 Å². The average Bonchev–Trinajstić information content (AvgIpc) is 2.40. The summed E-state index contributed by atoms with van der Waals surface area (Å²) in [5.41, 5.74) is 4.77. The van der Waals surface area contributed by atoms with Gasteiger partial charge in [-0.25, -0.2) is 9.97 Å². The van der Waals surface area contributed by atoms with Crippen LogP contribution in [0.5, 0.6) is 0 Å². The Bertz CT molecular complexity index is 523. The molecule has 2 rings (SSSR count). The molecule has 0 unspecified atom stereocenters. The standard InChI is InChI=1S/C14H17N3S/c1-10-3-4-12(7-11(10)2)13-8-16-14(17-9-13)15-5-6-18/h3-4,7-9,18H,5-6H2,1-2H3,(H,15,16,17). The molecule has 0 radical (unpaired) electrons. The minimum Gasteiger partial charge on any atom is -0.353 e. The summed E-state index contributed by atoms with van der Waals surface area (Å²) in [7, 11) is 0. The molecule has 0 aliphatic carbocycles. The lowest BCUT2D eigenvalue weighted by molar-refractivity contribution is 1.09. The number of aromatic nitrogens is 2. The van der Waals surface area contributed by atoms with Gasteiger partial charge in [0.15, 0.2) is 0 Å². The first-order valence-electron chi connectivity index (χ1n) is 5.95. The Morgan fingerprint density at radius 1 is 1.06 bits per heavy atom. The largest absolute Gasteiger partial charge is 0.353 e. The number of thiol groups is 1. The van der Waals surface area contributed by atoms with Gasteiger partial charge in [0.1, 0.15) is 0 Å². The van der Waals surface area contributed by atoms with Crippen LogP contribution >= 0.6 is 12.6 Å². The second-order valence-electron chi connectivity index (χ2n) is 4.24. The predicted octanol–water partition coefficient (Wildman–Crippen LogP) is 3.10. The fraction of sp³-hybridized carbons (Fsp3) is 0.286. The summed E-state index contributed by atoms with van der Waals surface area (Å²) in [6.07, 6.45) is 3.69. The fourth-order valence-electron chi connectivity index (χ4n) is 1.66. The van der Waals surface area contributed by atoms with E-state index >= 15 is 0 Å². The van der Waals surface area contributed by atoms with Gasteiger partial charge in [-0.1, -0.05) is 18.2 Å². The molecule has 1 N–H and O–H groups in total. The fourth-order valence-corrected chi connectivity index (χ4v) is 1.77. The number of nitrogens with zero attached hydrogens (tertiary/aromatic N) is 2. The summed E-state index contributed by atoms with van der Waals surface area (Å²) in [5, 5.41) is 3.09. The van der Waals surface area contributed by atoms with Crippen molar-refractivity contribution >= 4 is 18.6 Å². The maximum absolute atomic E-state index is 4.29. The molecule has 0 spiro atoms. The van der Waals surface area contributed by atoms with E-state index in [1.165, 1.54) is 11.1 Å². The van der Waals surface area contributed by atoms with E-state index in [-0.39, 0.29) is 0 Å². The van der Waals surface area contributed by atoms with Crippen LogP contribution in [0.25, 0.3) is 11.1 Å². The van der Waals surface area contributed by atoms with Gasteiger partial charge in [0, 0.05) is 30.3 Å². The molecule has 0 aliphatic rings. The zero-order valence-corrected chi connectivity index (χ0v) is 11.5. The van der Waals surface area contributed by atoms with Crippen LogP contribution in [0.4, 0.5) is 5.95 Å². The Labute approximate surface area is 113 Å². The molecule has 0 saturated carbocycles. The van der Waals surface area contributed by atoms with Crippen molar-refractivity contribution in [3.63, 3.8) is 0 Å². The van der Waals surface area contributed by atoms with Crippen molar-refractivity contribution in [3.05, 3.63) is 41.7 Å². The van der Waals surface area contributed by atoms with Crippen molar-refractivity contribution in [1.29, 1.82) is 0 Å². The Morgan fingerprint density at radius 2 is 1.78 bits per heavy atom. The number of anilines is 1. The van der Waals surface area contributed by atoms with E-state index < -0.39 is 0 Å². The van der Waals surface area contributed by atoms with Gasteiger partial charge in [0.05, 0.1) is 0 Å². The zero-order valence-electron chi connectivity index (χ0n) is 10.6. The first kappa shape index (κ1) is 12.9. The second kappa shape index (κ2) is 5.87. The molecule has 0 amide bonds. The van der Waals surface area contributed by atoms with Gasteiger partial charge < -0.3 is 5.32 Å². The average molecular weight is 259 g/mol. The van der Waals surface area contributed by atoms with Crippen LogP contribution in [0.3, 0.4) is 0 Å². The number of rotatable bonds is 4. The summed E-state index contributed by atoms with van der Waals surface area (Å²) < 4.78 is 0. The Hall–Kier alpha value is -1.55. The summed E-state index contributed by atoms with van der Waals surface area (Å²) >= 11 is 4.13. The normalized spacial score (nSPS) is 10.4. The molecule has 0 atom stereocenters. The lowest BCUT2D eigenvalue weighted by Gasteiger charge is -2.06. The third kappa shape index (κ3) is 3.01. The number of benzene rings is 1. The molecule has 0 aliphatic heterocycles. The van der Waals surface area contributed by atoms with Crippen LogP contribution in [-0.4, -0.2) is 22.3 Å². The number of hydrogen-bond donors (Lipinski definition) is 2. The molecule has 0 bridgehead atoms. The van der Waals surface area contributed by atoms with E-state index in [2.05, 4.69) is 60.0 Å². The van der Waals surface area contributed by atoms with Crippen molar-refractivity contribution in [1.82, 2.24) is 9.97 Å². The molecule has 0 fully saturated rings. The highest BCUT2D eigenvalue weighted by atomic mass is 32.1. The molecule has 18 heavy (non-hydrogen) atoms. The third-order valence-electron chi connectivity index (χ3n) is 2.89. The molecule has 3 nitrogen and oxygen atoms in total. The predicted molar refractivity (Wildman–Crippen MR) is 79.3 cm³/mol. The highest BCUT2D eigenvalue weighted by Crippen LogP contribution is 2.21. The number of hydrogen-bond acceptors (Lipinski definition) is 4. The second-order valence-corrected chi connectivity index (χ2v) is 4.69. The quantitative estimate of drug-likeness (QED) is 0.829. The summed E-state index contributed by atoms with van der Waals surface area (Å²) in [4.78, 5) is 8.58. The van der Waals surface area contributed by atoms with Crippen LogP contribution in [0, 0.1) is 13.8 Å². The Balaban J connectivity index is 2.20. The molecular weight excluding hydrogens is 242 g/mol. The summed E-state index contributed by atoms with van der Waals surface area (Å²) in [5.74, 6) is 1.42. The van der Waals surface area contributed by atoms with Gasteiger partial charge in [-0.15, -0.1) is 0 Å². The molecule has 1 heterocycles. The van der Waals surface area contributed by atoms with E-state index in [0.29, 0.717) is 5.95 Å². The van der Waals surface area contributed by atoms with Gasteiger partial charge in [0.2, 0.25) is 5.95 Å². The van der Waals surface area contributed by atoms with Crippen molar-refractivity contribution in [2.45, 2.75) is 13.8 Å². The van der Waals surface area contributed by atoms with Gasteiger partial charge in [-0.3, -0.25) is 0 Å². The maximum atomic E-state index is 4.29. The minimum atomic E-state index is 0.650. The lowest BCUT2D eigenvalue weighted by Crippen LogP contribution is -2.05. The van der Waals surface area contributed by atoms with E-state index in [1.807, 2.05) is 12.4 Å². The third-order valence-corrected chi connectivity index (χ3v) is 3.11. The highest BCUT2D eigenvalue weighted by molar-refractivity contribution is 7.80. The van der Waals surface area contributed by atoms with Crippen LogP contribution in [-0.2, 0) is 0 Å². The van der Waals surface area contributed by atoms with E-state index in [4.69, 9.17) is 0 Å². The molecule has 1 aromatic carbocycles. The van der Waals surface area contributed by atoms with Crippen LogP contribution in [0.15, 0.2) is 30.6 Å². The smallest absolute Gasteiger partial charge is 0.222 e. The molecule has 1 aromatic heterocycles. The van der Waals surface area contributed by atoms with Crippen LogP contribution in [0.2, 0.25) is 0 Å². The first-order valence-corrected chi connectivity index (χ1v) is 6.58. The van der Waals surface area contributed by atoms with Crippen LogP contribution < -0.4 is 5.32 Å². The van der Waals surface area contributed by atoms with Gasteiger partial charge >= 0.3 is 0 Å². The van der Waals surface area contributed by atoms with Crippen molar-refractivity contribution in [2.75, 3.05) is 17.6 Å². The van der Waals surface area contributed by atoms with E-state index in [9.17, 15) is 0 Å².